The lowest BCUT2D eigenvalue weighted by Gasteiger charge is -2.30. The average Bonchev–Trinajstić information content (AvgIpc) is 3.04. The van der Waals surface area contributed by atoms with E-state index < -0.39 is 0 Å². The number of nitrogens with zero attached hydrogens (tertiary/aromatic N) is 2. The number of benzene rings is 1. The molecule has 2 unspecified atom stereocenters. The maximum Gasteiger partial charge on any atom is 0.224 e. The van der Waals surface area contributed by atoms with E-state index in [4.69, 9.17) is 0 Å². The van der Waals surface area contributed by atoms with Crippen LogP contribution in [0.4, 0.5) is 9.52 Å². The molecular weight excluding hydrogens is 327 g/mol. The average molecular weight is 348 g/mol. The highest BCUT2D eigenvalue weighted by Gasteiger charge is 2.30. The fraction of sp³-hybridized carbons (Fsp3) is 0.471. The Labute approximate surface area is 144 Å². The Morgan fingerprint density at radius 2 is 2.08 bits per heavy atom. The van der Waals surface area contributed by atoms with Crippen molar-refractivity contribution in [3.63, 3.8) is 0 Å². The van der Waals surface area contributed by atoms with Crippen LogP contribution in [0.3, 0.4) is 0 Å². The van der Waals surface area contributed by atoms with E-state index in [2.05, 4.69) is 20.8 Å². The van der Waals surface area contributed by atoms with Gasteiger partial charge >= 0.3 is 0 Å². The largest absolute Gasteiger partial charge is 0.359 e. The van der Waals surface area contributed by atoms with Gasteiger partial charge in [-0.3, -0.25) is 4.79 Å². The summed E-state index contributed by atoms with van der Waals surface area (Å²) in [6.07, 6.45) is 4.44. The molecule has 1 aliphatic rings. The molecule has 1 aromatic heterocycles. The molecule has 1 fully saturated rings. The maximum absolute atomic E-state index is 13.7. The highest BCUT2D eigenvalue weighted by Crippen LogP contribution is 2.29. The van der Waals surface area contributed by atoms with Crippen molar-refractivity contribution in [3.05, 3.63) is 40.7 Å². The number of amides is 1. The Bertz CT molecular complexity index is 705. The van der Waals surface area contributed by atoms with E-state index in [1.54, 1.807) is 19.2 Å². The lowest BCUT2D eigenvalue weighted by molar-refractivity contribution is -0.125. The van der Waals surface area contributed by atoms with Gasteiger partial charge in [0.15, 0.2) is 0 Å². The van der Waals surface area contributed by atoms with Crippen molar-refractivity contribution in [1.82, 2.24) is 15.5 Å². The van der Waals surface area contributed by atoms with E-state index in [1.807, 2.05) is 6.07 Å². The zero-order valence-electron chi connectivity index (χ0n) is 13.6. The van der Waals surface area contributed by atoms with Crippen LogP contribution < -0.4 is 10.6 Å². The number of nitrogens with one attached hydrogen (secondary N) is 2. The topological polar surface area (TPSA) is 66.9 Å². The van der Waals surface area contributed by atoms with Crippen LogP contribution in [0.15, 0.2) is 24.3 Å². The molecule has 24 heavy (non-hydrogen) atoms. The number of hydrogen-bond donors (Lipinski definition) is 2. The molecule has 0 aliphatic heterocycles. The zero-order valence-corrected chi connectivity index (χ0v) is 14.4. The third kappa shape index (κ3) is 3.90. The minimum atomic E-state index is -0.228. The molecule has 1 heterocycles. The van der Waals surface area contributed by atoms with Crippen LogP contribution in [0.1, 0.15) is 36.3 Å². The van der Waals surface area contributed by atoms with Crippen molar-refractivity contribution in [1.29, 1.82) is 0 Å². The predicted octanol–water partition coefficient (Wildman–Crippen LogP) is 2.98. The second-order valence-corrected chi connectivity index (χ2v) is 7.09. The summed E-state index contributed by atoms with van der Waals surface area (Å²) in [4.78, 5) is 12.0. The van der Waals surface area contributed by atoms with Crippen molar-refractivity contribution in [2.75, 3.05) is 12.4 Å². The van der Waals surface area contributed by atoms with Gasteiger partial charge in [0.25, 0.3) is 0 Å². The quantitative estimate of drug-likeness (QED) is 0.872. The molecule has 0 saturated heterocycles. The summed E-state index contributed by atoms with van der Waals surface area (Å²) in [6.45, 7) is 0. The normalized spacial score (nSPS) is 20.6. The molecule has 128 valence electrons. The monoisotopic (exact) mass is 348 g/mol. The van der Waals surface area contributed by atoms with Gasteiger partial charge in [0.1, 0.15) is 10.8 Å². The van der Waals surface area contributed by atoms with Crippen molar-refractivity contribution in [2.24, 2.45) is 5.92 Å². The highest BCUT2D eigenvalue weighted by atomic mass is 32.1. The molecule has 0 spiro atoms. The van der Waals surface area contributed by atoms with Gasteiger partial charge in [0.2, 0.25) is 11.0 Å². The maximum atomic E-state index is 13.7. The van der Waals surface area contributed by atoms with E-state index in [-0.39, 0.29) is 23.7 Å². The van der Waals surface area contributed by atoms with E-state index in [0.29, 0.717) is 17.1 Å². The third-order valence-corrected chi connectivity index (χ3v) is 5.28. The smallest absolute Gasteiger partial charge is 0.224 e. The van der Waals surface area contributed by atoms with Gasteiger partial charge < -0.3 is 10.6 Å². The van der Waals surface area contributed by atoms with Crippen LogP contribution >= 0.6 is 11.3 Å². The van der Waals surface area contributed by atoms with Gasteiger partial charge in [0.05, 0.1) is 5.92 Å². The van der Waals surface area contributed by atoms with Crippen LogP contribution in [-0.2, 0) is 11.2 Å². The first-order valence-corrected chi connectivity index (χ1v) is 9.03. The first kappa shape index (κ1) is 16.8. The molecule has 5 nitrogen and oxygen atoms in total. The summed E-state index contributed by atoms with van der Waals surface area (Å²) in [5.41, 5.74) is 0.612. The molecule has 0 bridgehead atoms. The Hall–Kier alpha value is -2.02. The summed E-state index contributed by atoms with van der Waals surface area (Å²) in [6, 6.07) is 6.77. The SMILES string of the molecule is CNC(=O)C1CCCCC1Nc1nnc(Cc2ccccc2F)s1. The van der Waals surface area contributed by atoms with Crippen molar-refractivity contribution in [3.8, 4) is 0 Å². The molecule has 2 atom stereocenters. The zero-order chi connectivity index (χ0) is 16.9. The molecule has 7 heteroatoms. The molecule has 1 aromatic carbocycles. The minimum Gasteiger partial charge on any atom is -0.359 e. The van der Waals surface area contributed by atoms with Crippen molar-refractivity contribution in [2.45, 2.75) is 38.1 Å². The van der Waals surface area contributed by atoms with Gasteiger partial charge in [-0.15, -0.1) is 10.2 Å². The number of hydrogen-bond acceptors (Lipinski definition) is 5. The number of carbonyl (C=O) groups is 1. The van der Waals surface area contributed by atoms with E-state index in [0.717, 1.165) is 30.7 Å². The van der Waals surface area contributed by atoms with Gasteiger partial charge in [-0.05, 0) is 24.5 Å². The molecule has 0 radical (unpaired) electrons. The standard InChI is InChI=1S/C17H21FN4OS/c1-19-16(23)12-7-3-5-9-14(12)20-17-22-21-15(24-17)10-11-6-2-4-8-13(11)18/h2,4,6,8,12,14H,3,5,7,9-10H2,1H3,(H,19,23)(H,20,22). The fourth-order valence-electron chi connectivity index (χ4n) is 3.15. The summed E-state index contributed by atoms with van der Waals surface area (Å²) < 4.78 is 13.7. The first-order chi connectivity index (χ1) is 11.7. The second-order valence-electron chi connectivity index (χ2n) is 6.03. The van der Waals surface area contributed by atoms with Gasteiger partial charge in [-0.2, -0.15) is 0 Å². The Balaban J connectivity index is 1.67. The third-order valence-electron chi connectivity index (χ3n) is 4.42. The number of anilines is 1. The summed E-state index contributed by atoms with van der Waals surface area (Å²) in [5.74, 6) is -0.194. The molecule has 1 amide bonds. The number of halogens is 1. The van der Waals surface area contributed by atoms with E-state index in [1.165, 1.54) is 17.4 Å². The highest BCUT2D eigenvalue weighted by molar-refractivity contribution is 7.15. The van der Waals surface area contributed by atoms with Crippen LogP contribution in [0, 0.1) is 11.7 Å². The van der Waals surface area contributed by atoms with Crippen LogP contribution in [0.25, 0.3) is 0 Å². The van der Waals surface area contributed by atoms with E-state index >= 15 is 0 Å². The van der Waals surface area contributed by atoms with Crippen molar-refractivity contribution < 1.29 is 9.18 Å². The van der Waals surface area contributed by atoms with Crippen LogP contribution in [-0.4, -0.2) is 29.2 Å². The molecular formula is C17H21FN4OS. The van der Waals surface area contributed by atoms with Gasteiger partial charge in [-0.25, -0.2) is 4.39 Å². The number of carbonyl (C=O) groups excluding carboxylic acids is 1. The Morgan fingerprint density at radius 1 is 1.29 bits per heavy atom. The Morgan fingerprint density at radius 3 is 2.88 bits per heavy atom. The molecule has 2 N–H and O–H groups in total. The predicted molar refractivity (Wildman–Crippen MR) is 92.6 cm³/mol. The fourth-order valence-corrected chi connectivity index (χ4v) is 3.97. The number of aromatic nitrogens is 2. The molecule has 1 aliphatic carbocycles. The lowest BCUT2D eigenvalue weighted by Crippen LogP contribution is -2.41. The Kier molecular flexibility index (Phi) is 5.40. The first-order valence-electron chi connectivity index (χ1n) is 8.21. The second kappa shape index (κ2) is 7.70. The lowest BCUT2D eigenvalue weighted by atomic mass is 9.84. The summed E-state index contributed by atoms with van der Waals surface area (Å²) >= 11 is 1.42. The molecule has 3 rings (SSSR count). The van der Waals surface area contributed by atoms with E-state index in [9.17, 15) is 9.18 Å². The number of rotatable bonds is 5. The molecule has 2 aromatic rings. The van der Waals surface area contributed by atoms with Crippen LogP contribution in [0.2, 0.25) is 0 Å². The molecule has 1 saturated carbocycles. The van der Waals surface area contributed by atoms with Crippen molar-refractivity contribution >= 4 is 22.4 Å². The summed E-state index contributed by atoms with van der Waals surface area (Å²) in [5, 5.41) is 15.9. The summed E-state index contributed by atoms with van der Waals surface area (Å²) in [7, 11) is 1.67. The minimum absolute atomic E-state index is 0.0392. The van der Waals surface area contributed by atoms with Gasteiger partial charge in [0, 0.05) is 19.5 Å². The van der Waals surface area contributed by atoms with Crippen LogP contribution in [0.5, 0.6) is 0 Å². The van der Waals surface area contributed by atoms with Gasteiger partial charge in [-0.1, -0.05) is 42.4 Å².